The molecule has 3 heterocycles. The molecule has 1 spiro atoms. The maximum atomic E-state index is 5.88. The van der Waals surface area contributed by atoms with E-state index in [0.717, 1.165) is 18.7 Å². The van der Waals surface area contributed by atoms with Gasteiger partial charge in [-0.1, -0.05) is 30.3 Å². The van der Waals surface area contributed by atoms with E-state index < -0.39 is 5.79 Å². The van der Waals surface area contributed by atoms with Crippen molar-refractivity contribution in [3.05, 3.63) is 53.4 Å². The molecule has 0 atom stereocenters. The van der Waals surface area contributed by atoms with Crippen LogP contribution >= 0.6 is 0 Å². The average Bonchev–Trinajstić information content (AvgIpc) is 2.87. The minimum absolute atomic E-state index is 0.539. The van der Waals surface area contributed by atoms with Crippen LogP contribution in [0.25, 0.3) is 6.08 Å². The molecule has 3 aliphatic heterocycles. The molecule has 1 aromatic rings. The highest BCUT2D eigenvalue weighted by atomic mass is 16.7. The van der Waals surface area contributed by atoms with Crippen LogP contribution in [-0.2, 0) is 16.0 Å². The number of hydrogen-bond donors (Lipinski definition) is 0. The van der Waals surface area contributed by atoms with Crippen LogP contribution in [0.3, 0.4) is 0 Å². The fraction of sp³-hybridized carbons (Fsp3) is 0.333. The van der Waals surface area contributed by atoms with Gasteiger partial charge in [0.25, 0.3) is 0 Å². The van der Waals surface area contributed by atoms with E-state index >= 15 is 0 Å². The van der Waals surface area contributed by atoms with Gasteiger partial charge < -0.3 is 14.4 Å². The molecule has 1 saturated heterocycles. The fourth-order valence-corrected chi connectivity index (χ4v) is 2.94. The van der Waals surface area contributed by atoms with Crippen LogP contribution in [0.1, 0.15) is 17.5 Å². The van der Waals surface area contributed by atoms with Gasteiger partial charge in [-0.2, -0.15) is 0 Å². The first kappa shape index (κ1) is 10.4. The van der Waals surface area contributed by atoms with Crippen molar-refractivity contribution < 1.29 is 9.47 Å². The Labute approximate surface area is 106 Å². The Bertz CT molecular complexity index is 541. The van der Waals surface area contributed by atoms with Crippen LogP contribution in [-0.4, -0.2) is 23.9 Å². The van der Waals surface area contributed by atoms with Gasteiger partial charge in [-0.3, -0.25) is 0 Å². The van der Waals surface area contributed by atoms with Crippen LogP contribution in [0.4, 0.5) is 0 Å². The minimum atomic E-state index is -0.539. The Balaban J connectivity index is 1.85. The summed E-state index contributed by atoms with van der Waals surface area (Å²) in [6, 6.07) is 8.49. The van der Waals surface area contributed by atoms with E-state index in [-0.39, 0.29) is 0 Å². The third-order valence-electron chi connectivity index (χ3n) is 3.81. The van der Waals surface area contributed by atoms with E-state index in [1.54, 1.807) is 0 Å². The molecular weight excluding hydrogens is 226 g/mol. The van der Waals surface area contributed by atoms with Crippen molar-refractivity contribution in [2.75, 3.05) is 13.2 Å². The Kier molecular flexibility index (Phi) is 2.13. The number of rotatable bonds is 0. The summed E-state index contributed by atoms with van der Waals surface area (Å²) in [5.41, 5.74) is 3.76. The van der Waals surface area contributed by atoms with Gasteiger partial charge in [-0.05, 0) is 17.2 Å². The van der Waals surface area contributed by atoms with Crippen LogP contribution < -0.4 is 0 Å². The van der Waals surface area contributed by atoms with Gasteiger partial charge in [0.1, 0.15) is 0 Å². The van der Waals surface area contributed by atoms with E-state index in [1.807, 2.05) is 0 Å². The molecule has 0 amide bonds. The lowest BCUT2D eigenvalue weighted by Crippen LogP contribution is -2.42. The molecule has 0 bridgehead atoms. The lowest BCUT2D eigenvalue weighted by molar-refractivity contribution is -0.139. The predicted molar refractivity (Wildman–Crippen MR) is 68.4 cm³/mol. The zero-order valence-electron chi connectivity index (χ0n) is 10.1. The number of benzene rings is 1. The van der Waals surface area contributed by atoms with Crippen molar-refractivity contribution in [1.82, 2.24) is 4.90 Å². The normalized spacial score (nSPS) is 23.8. The summed E-state index contributed by atoms with van der Waals surface area (Å²) in [5, 5.41) is 0. The van der Waals surface area contributed by atoms with Crippen molar-refractivity contribution >= 4 is 6.08 Å². The van der Waals surface area contributed by atoms with E-state index in [9.17, 15) is 0 Å². The largest absolute Gasteiger partial charge is 0.343 e. The Morgan fingerprint density at radius 3 is 2.83 bits per heavy atom. The van der Waals surface area contributed by atoms with Gasteiger partial charge in [0.05, 0.1) is 18.9 Å². The molecule has 1 fully saturated rings. The van der Waals surface area contributed by atoms with Gasteiger partial charge in [-0.25, -0.2) is 0 Å². The van der Waals surface area contributed by atoms with Crippen molar-refractivity contribution in [2.45, 2.75) is 18.8 Å². The molecule has 0 radical (unpaired) electrons. The monoisotopic (exact) mass is 241 g/mol. The summed E-state index contributed by atoms with van der Waals surface area (Å²) in [6.45, 7) is 2.26. The quantitative estimate of drug-likeness (QED) is 0.696. The third kappa shape index (κ3) is 1.38. The van der Waals surface area contributed by atoms with Gasteiger partial charge in [0.2, 0.25) is 5.79 Å². The van der Waals surface area contributed by atoms with Crippen LogP contribution in [0.15, 0.2) is 42.2 Å². The number of nitrogens with zero attached hydrogens (tertiary/aromatic N) is 1. The molecule has 3 aliphatic rings. The minimum Gasteiger partial charge on any atom is -0.343 e. The summed E-state index contributed by atoms with van der Waals surface area (Å²) >= 11 is 0. The highest BCUT2D eigenvalue weighted by molar-refractivity contribution is 5.61. The van der Waals surface area contributed by atoms with Crippen molar-refractivity contribution in [3.63, 3.8) is 0 Å². The van der Waals surface area contributed by atoms with Crippen LogP contribution in [0, 0.1) is 0 Å². The molecule has 0 N–H and O–H groups in total. The maximum absolute atomic E-state index is 5.88. The Morgan fingerprint density at radius 2 is 1.94 bits per heavy atom. The van der Waals surface area contributed by atoms with Crippen LogP contribution in [0.2, 0.25) is 0 Å². The van der Waals surface area contributed by atoms with Gasteiger partial charge in [0.15, 0.2) is 0 Å². The SMILES string of the molecule is C1=CN2Cc3ccccc3C=C2C2(C1)OCCO2. The predicted octanol–water partition coefficient (Wildman–Crippen LogP) is 2.50. The first-order valence-corrected chi connectivity index (χ1v) is 6.39. The lowest BCUT2D eigenvalue weighted by atomic mass is 9.94. The second kappa shape index (κ2) is 3.70. The number of hydrogen-bond acceptors (Lipinski definition) is 3. The zero-order chi connectivity index (χ0) is 12.0. The zero-order valence-corrected chi connectivity index (χ0v) is 10.1. The summed E-state index contributed by atoms with van der Waals surface area (Å²) in [6.07, 6.45) is 7.28. The summed E-state index contributed by atoms with van der Waals surface area (Å²) in [7, 11) is 0. The highest BCUT2D eigenvalue weighted by Crippen LogP contribution is 2.41. The summed E-state index contributed by atoms with van der Waals surface area (Å²) in [5.74, 6) is -0.539. The molecule has 3 nitrogen and oxygen atoms in total. The number of ether oxygens (including phenoxy) is 2. The van der Waals surface area contributed by atoms with Crippen molar-refractivity contribution in [2.24, 2.45) is 0 Å². The van der Waals surface area contributed by atoms with Gasteiger partial charge in [0, 0.05) is 19.2 Å². The molecular formula is C15H15NO2. The first-order chi connectivity index (χ1) is 8.87. The second-order valence-corrected chi connectivity index (χ2v) is 4.90. The van der Waals surface area contributed by atoms with E-state index in [0.29, 0.717) is 13.2 Å². The molecule has 18 heavy (non-hydrogen) atoms. The molecule has 0 aromatic heterocycles. The lowest BCUT2D eigenvalue weighted by Gasteiger charge is -2.41. The number of fused-ring (bicyclic) bond motifs is 3. The maximum Gasteiger partial charge on any atom is 0.214 e. The molecule has 0 aliphatic carbocycles. The van der Waals surface area contributed by atoms with Crippen molar-refractivity contribution in [1.29, 1.82) is 0 Å². The molecule has 92 valence electrons. The summed E-state index contributed by atoms with van der Waals surface area (Å²) < 4.78 is 11.8. The topological polar surface area (TPSA) is 21.7 Å². The fourth-order valence-electron chi connectivity index (χ4n) is 2.94. The van der Waals surface area contributed by atoms with Gasteiger partial charge >= 0.3 is 0 Å². The first-order valence-electron chi connectivity index (χ1n) is 6.39. The third-order valence-corrected chi connectivity index (χ3v) is 3.81. The second-order valence-electron chi connectivity index (χ2n) is 4.90. The van der Waals surface area contributed by atoms with Crippen LogP contribution in [0.5, 0.6) is 0 Å². The van der Waals surface area contributed by atoms with E-state index in [1.165, 1.54) is 11.1 Å². The van der Waals surface area contributed by atoms with Crippen molar-refractivity contribution in [3.8, 4) is 0 Å². The van der Waals surface area contributed by atoms with E-state index in [4.69, 9.17) is 9.47 Å². The molecule has 0 unspecified atom stereocenters. The standard InChI is InChI=1S/C15H15NO2/c1-2-5-13-11-16-7-3-6-15(17-8-9-18-15)14(16)10-12(13)4-1/h1-5,7,10H,6,8-9,11H2. The molecule has 3 heteroatoms. The summed E-state index contributed by atoms with van der Waals surface area (Å²) in [4.78, 5) is 2.23. The molecule has 0 saturated carbocycles. The Hall–Kier alpha value is -1.58. The highest BCUT2D eigenvalue weighted by Gasteiger charge is 2.44. The molecule has 4 rings (SSSR count). The average molecular weight is 241 g/mol. The Morgan fingerprint density at radius 1 is 1.11 bits per heavy atom. The smallest absolute Gasteiger partial charge is 0.214 e. The van der Waals surface area contributed by atoms with Gasteiger partial charge in [-0.15, -0.1) is 0 Å². The molecule has 1 aromatic carbocycles. The van der Waals surface area contributed by atoms with E-state index in [2.05, 4.69) is 47.5 Å².